The molecule has 0 aliphatic carbocycles. The van der Waals surface area contributed by atoms with Crippen LogP contribution >= 0.6 is 15.9 Å². The number of ether oxygens (including phenoxy) is 2. The Hall–Kier alpha value is -3.40. The van der Waals surface area contributed by atoms with Gasteiger partial charge < -0.3 is 9.47 Å². The number of carbonyl (C=O) groups is 1. The molecule has 10 heteroatoms. The molecular formula is C26H31BrN4O5. The lowest BCUT2D eigenvalue weighted by molar-refractivity contribution is -0.146. The summed E-state index contributed by atoms with van der Waals surface area (Å²) in [4.78, 5) is 46.1. The Morgan fingerprint density at radius 1 is 1.08 bits per heavy atom. The predicted molar refractivity (Wildman–Crippen MR) is 141 cm³/mol. The van der Waals surface area contributed by atoms with Gasteiger partial charge >= 0.3 is 17.3 Å². The number of aromatic nitrogens is 3. The third kappa shape index (κ3) is 6.23. The van der Waals surface area contributed by atoms with Crippen LogP contribution in [0.1, 0.15) is 44.9 Å². The van der Waals surface area contributed by atoms with Crippen molar-refractivity contribution < 1.29 is 14.3 Å². The van der Waals surface area contributed by atoms with Crippen LogP contribution < -0.4 is 21.7 Å². The third-order valence-corrected chi connectivity index (χ3v) is 6.43. The van der Waals surface area contributed by atoms with Crippen LogP contribution in [-0.2, 0) is 16.1 Å². The smallest absolute Gasteiger partial charge is 0.335 e. The fraction of sp³-hybridized carbons (Fsp3) is 0.385. The summed E-state index contributed by atoms with van der Waals surface area (Å²) < 4.78 is 13.7. The summed E-state index contributed by atoms with van der Waals surface area (Å²) in [6.45, 7) is 9.26. The Labute approximate surface area is 217 Å². The van der Waals surface area contributed by atoms with Gasteiger partial charge in [0.25, 0.3) is 0 Å². The van der Waals surface area contributed by atoms with Crippen molar-refractivity contribution in [3.05, 3.63) is 84.7 Å². The van der Waals surface area contributed by atoms with Crippen LogP contribution in [0.4, 0.5) is 5.69 Å². The lowest BCUT2D eigenvalue weighted by Crippen LogP contribution is -2.52. The van der Waals surface area contributed by atoms with Crippen LogP contribution in [0, 0.1) is 12.8 Å². The maximum Gasteiger partial charge on any atom is 0.335 e. The van der Waals surface area contributed by atoms with Crippen LogP contribution in [0.15, 0.2) is 61.5 Å². The molecule has 0 amide bonds. The fourth-order valence-corrected chi connectivity index (χ4v) is 4.09. The summed E-state index contributed by atoms with van der Waals surface area (Å²) >= 11 is 3.49. The molecule has 0 aliphatic heterocycles. The zero-order valence-corrected chi connectivity index (χ0v) is 22.8. The number of esters is 1. The second kappa shape index (κ2) is 11.6. The van der Waals surface area contributed by atoms with Crippen molar-refractivity contribution in [3.8, 4) is 5.75 Å². The molecule has 2 aromatic carbocycles. The van der Waals surface area contributed by atoms with Crippen LogP contribution in [0.25, 0.3) is 0 Å². The van der Waals surface area contributed by atoms with Gasteiger partial charge in [-0.15, -0.1) is 0 Å². The van der Waals surface area contributed by atoms with Gasteiger partial charge in [0.15, 0.2) is 0 Å². The van der Waals surface area contributed by atoms with E-state index in [1.807, 2.05) is 45.0 Å². The largest absolute Gasteiger partial charge is 0.490 e. The average Bonchev–Trinajstić information content (AvgIpc) is 2.83. The fourth-order valence-electron chi connectivity index (χ4n) is 3.63. The quantitative estimate of drug-likeness (QED) is 0.422. The monoisotopic (exact) mass is 558 g/mol. The number of carbonyl (C=O) groups excluding carboxylic acids is 1. The average molecular weight is 559 g/mol. The van der Waals surface area contributed by atoms with Crippen molar-refractivity contribution in [1.29, 1.82) is 0 Å². The highest BCUT2D eigenvalue weighted by Gasteiger charge is 2.26. The molecule has 0 fully saturated rings. The molecule has 0 radical (unpaired) electrons. The number of nitrogens with one attached hydrogen (secondary N) is 1. The van der Waals surface area contributed by atoms with Crippen LogP contribution in [0.2, 0.25) is 0 Å². The lowest BCUT2D eigenvalue weighted by Gasteiger charge is -2.20. The number of aryl methyl sites for hydroxylation is 1. The molecule has 1 N–H and O–H groups in total. The van der Waals surface area contributed by atoms with Crippen molar-refractivity contribution in [2.24, 2.45) is 10.9 Å². The Morgan fingerprint density at radius 3 is 2.33 bits per heavy atom. The molecule has 9 nitrogen and oxygen atoms in total. The van der Waals surface area contributed by atoms with Gasteiger partial charge in [-0.1, -0.05) is 29.8 Å². The van der Waals surface area contributed by atoms with Gasteiger partial charge in [-0.2, -0.15) is 0 Å². The molecule has 0 aliphatic rings. The second-order valence-electron chi connectivity index (χ2n) is 8.92. The van der Waals surface area contributed by atoms with E-state index < -0.39 is 29.3 Å². The van der Waals surface area contributed by atoms with E-state index in [1.54, 1.807) is 32.0 Å². The lowest BCUT2D eigenvalue weighted by atomic mass is 10.0. The summed E-state index contributed by atoms with van der Waals surface area (Å²) in [6, 6.07) is 12.2. The molecule has 36 heavy (non-hydrogen) atoms. The number of aromatic amines is 1. The predicted octanol–water partition coefficient (Wildman–Crippen LogP) is 3.85. The van der Waals surface area contributed by atoms with E-state index >= 15 is 0 Å². The molecule has 1 heterocycles. The standard InChI is InChI=1S/C26H31BrN4O5/c1-15(2)36-22-12-11-20(13-21(22)27)28-24-29-25(33)31(18(5)17(4)23(32)35-6)26(34)30(24)14-19-9-7-16(3)8-10-19/h7-13,15,17-18H,14H2,1-6H3,(H,28,29,33)/t17-,18+/m1/s1. The maximum atomic E-state index is 13.6. The molecule has 0 saturated heterocycles. The summed E-state index contributed by atoms with van der Waals surface area (Å²) in [5.74, 6) is -0.568. The van der Waals surface area contributed by atoms with Crippen LogP contribution in [0.3, 0.4) is 0 Å². The van der Waals surface area contributed by atoms with Crippen molar-refractivity contribution >= 4 is 27.6 Å². The Bertz CT molecular complexity index is 1420. The molecule has 2 atom stereocenters. The normalized spacial score (nSPS) is 13.5. The Morgan fingerprint density at radius 2 is 1.75 bits per heavy atom. The Kier molecular flexibility index (Phi) is 8.73. The van der Waals surface area contributed by atoms with Crippen molar-refractivity contribution in [3.63, 3.8) is 0 Å². The highest BCUT2D eigenvalue weighted by molar-refractivity contribution is 9.10. The maximum absolute atomic E-state index is 13.6. The van der Waals surface area contributed by atoms with Crippen molar-refractivity contribution in [2.45, 2.75) is 53.3 Å². The van der Waals surface area contributed by atoms with E-state index in [-0.39, 0.29) is 18.3 Å². The first-order valence-corrected chi connectivity index (χ1v) is 12.4. The van der Waals surface area contributed by atoms with Gasteiger partial charge in [-0.3, -0.25) is 14.3 Å². The number of halogens is 1. The number of benzene rings is 2. The van der Waals surface area contributed by atoms with E-state index in [0.717, 1.165) is 15.7 Å². The number of methoxy groups -OCH3 is 1. The number of H-pyrrole nitrogens is 1. The minimum Gasteiger partial charge on any atom is -0.490 e. The molecule has 192 valence electrons. The highest BCUT2D eigenvalue weighted by Crippen LogP contribution is 2.29. The van der Waals surface area contributed by atoms with Gasteiger partial charge in [0.1, 0.15) is 5.75 Å². The first-order valence-electron chi connectivity index (χ1n) is 11.6. The summed E-state index contributed by atoms with van der Waals surface area (Å²) in [5, 5.41) is 0. The molecule has 0 bridgehead atoms. The Balaban J connectivity index is 2.20. The molecular weight excluding hydrogens is 528 g/mol. The molecule has 0 saturated carbocycles. The van der Waals surface area contributed by atoms with E-state index in [0.29, 0.717) is 15.9 Å². The van der Waals surface area contributed by atoms with Gasteiger partial charge in [-0.25, -0.2) is 19.1 Å². The minimum atomic E-state index is -0.742. The molecule has 3 aromatic rings. The zero-order chi connectivity index (χ0) is 26.6. The molecule has 3 rings (SSSR count). The number of hydrogen-bond acceptors (Lipinski definition) is 6. The van der Waals surface area contributed by atoms with Crippen LogP contribution in [-0.4, -0.2) is 33.3 Å². The van der Waals surface area contributed by atoms with E-state index in [2.05, 4.69) is 25.9 Å². The molecule has 0 spiro atoms. The SMILES string of the molecule is COC(=O)[C@H](C)[C@H](C)n1c(=O)[nH]/c(=N\c2ccc(OC(C)C)c(Br)c2)n(Cc2ccc(C)cc2)c1=O. The van der Waals surface area contributed by atoms with E-state index in [4.69, 9.17) is 9.47 Å². The summed E-state index contributed by atoms with van der Waals surface area (Å²) in [7, 11) is 1.27. The van der Waals surface area contributed by atoms with Crippen molar-refractivity contribution in [2.75, 3.05) is 7.11 Å². The minimum absolute atomic E-state index is 0.000859. The topological polar surface area (TPSA) is 108 Å². The van der Waals surface area contributed by atoms with Gasteiger partial charge in [0.05, 0.1) is 41.9 Å². The number of nitrogens with zero attached hydrogens (tertiary/aromatic N) is 3. The van der Waals surface area contributed by atoms with Gasteiger partial charge in [0.2, 0.25) is 5.62 Å². The second-order valence-corrected chi connectivity index (χ2v) is 9.78. The van der Waals surface area contributed by atoms with E-state index in [9.17, 15) is 14.4 Å². The van der Waals surface area contributed by atoms with Crippen LogP contribution in [0.5, 0.6) is 5.75 Å². The first kappa shape index (κ1) is 27.2. The molecule has 0 unspecified atom stereocenters. The van der Waals surface area contributed by atoms with Crippen molar-refractivity contribution in [1.82, 2.24) is 14.1 Å². The summed E-state index contributed by atoms with van der Waals surface area (Å²) in [5.41, 5.74) is 1.29. The zero-order valence-electron chi connectivity index (χ0n) is 21.2. The summed E-state index contributed by atoms with van der Waals surface area (Å²) in [6.07, 6.45) is -0.000859. The number of rotatable bonds is 8. The highest BCUT2D eigenvalue weighted by atomic mass is 79.9. The van der Waals surface area contributed by atoms with Gasteiger partial charge in [-0.05, 0) is 74.3 Å². The van der Waals surface area contributed by atoms with Gasteiger partial charge in [0, 0.05) is 0 Å². The van der Waals surface area contributed by atoms with E-state index in [1.165, 1.54) is 11.7 Å². The molecule has 1 aromatic heterocycles. The first-order chi connectivity index (χ1) is 17.0. The number of hydrogen-bond donors (Lipinski definition) is 1. The third-order valence-electron chi connectivity index (χ3n) is 5.81.